The lowest BCUT2D eigenvalue weighted by atomic mass is 10.4. The zero-order chi connectivity index (χ0) is 12.8. The standard InChI is InChI=1S/C10H24N2O3S/c1-5-7-12(8-6-2)16(14,15)11(4)9-10(3)13/h10,13H,5-9H2,1-4H3. The Labute approximate surface area is 99.2 Å². The van der Waals surface area contributed by atoms with Crippen molar-refractivity contribution < 1.29 is 13.5 Å². The van der Waals surface area contributed by atoms with Crippen LogP contribution in [0.5, 0.6) is 0 Å². The summed E-state index contributed by atoms with van der Waals surface area (Å²) in [6.07, 6.45) is 0.939. The van der Waals surface area contributed by atoms with Gasteiger partial charge in [-0.2, -0.15) is 17.0 Å². The first kappa shape index (κ1) is 15.8. The highest BCUT2D eigenvalue weighted by atomic mass is 32.2. The van der Waals surface area contributed by atoms with Gasteiger partial charge >= 0.3 is 0 Å². The van der Waals surface area contributed by atoms with Gasteiger partial charge in [0.05, 0.1) is 6.10 Å². The molecular weight excluding hydrogens is 228 g/mol. The van der Waals surface area contributed by atoms with Gasteiger partial charge in [-0.1, -0.05) is 13.8 Å². The average molecular weight is 252 g/mol. The first-order valence-corrected chi connectivity index (χ1v) is 7.15. The first-order chi connectivity index (χ1) is 7.36. The van der Waals surface area contributed by atoms with Gasteiger partial charge in [-0.15, -0.1) is 0 Å². The van der Waals surface area contributed by atoms with E-state index in [2.05, 4.69) is 0 Å². The quantitative estimate of drug-likeness (QED) is 0.690. The lowest BCUT2D eigenvalue weighted by Crippen LogP contribution is -2.44. The largest absolute Gasteiger partial charge is 0.392 e. The maximum absolute atomic E-state index is 12.1. The maximum atomic E-state index is 12.1. The SMILES string of the molecule is CCCN(CCC)S(=O)(=O)N(C)CC(C)O. The van der Waals surface area contributed by atoms with Crippen LogP contribution in [-0.2, 0) is 10.2 Å². The summed E-state index contributed by atoms with van der Waals surface area (Å²) in [6.45, 7) is 6.67. The number of aliphatic hydroxyl groups is 1. The molecule has 0 aromatic carbocycles. The van der Waals surface area contributed by atoms with E-state index >= 15 is 0 Å². The van der Waals surface area contributed by atoms with Crippen molar-refractivity contribution in [3.8, 4) is 0 Å². The number of aliphatic hydroxyl groups excluding tert-OH is 1. The summed E-state index contributed by atoms with van der Waals surface area (Å²) < 4.78 is 26.9. The second-order valence-electron chi connectivity index (χ2n) is 4.04. The van der Waals surface area contributed by atoms with Gasteiger partial charge in [0.25, 0.3) is 10.2 Å². The molecule has 5 nitrogen and oxygen atoms in total. The molecule has 0 rings (SSSR count). The van der Waals surface area contributed by atoms with Gasteiger partial charge in [0.1, 0.15) is 0 Å². The first-order valence-electron chi connectivity index (χ1n) is 5.75. The van der Waals surface area contributed by atoms with Gasteiger partial charge < -0.3 is 5.11 Å². The Bertz CT molecular complexity index is 272. The summed E-state index contributed by atoms with van der Waals surface area (Å²) >= 11 is 0. The van der Waals surface area contributed by atoms with Crippen LogP contribution < -0.4 is 0 Å². The van der Waals surface area contributed by atoms with Gasteiger partial charge in [-0.3, -0.25) is 0 Å². The molecule has 6 heteroatoms. The molecule has 98 valence electrons. The highest BCUT2D eigenvalue weighted by Crippen LogP contribution is 2.08. The van der Waals surface area contributed by atoms with Crippen LogP contribution >= 0.6 is 0 Å². The fraction of sp³-hybridized carbons (Fsp3) is 1.00. The summed E-state index contributed by atoms with van der Waals surface area (Å²) in [6, 6.07) is 0. The molecule has 0 aliphatic carbocycles. The van der Waals surface area contributed by atoms with Crippen molar-refractivity contribution in [1.29, 1.82) is 0 Å². The minimum atomic E-state index is -3.41. The van der Waals surface area contributed by atoms with Crippen LogP contribution in [0.3, 0.4) is 0 Å². The fourth-order valence-corrected chi connectivity index (χ4v) is 3.13. The van der Waals surface area contributed by atoms with Gasteiger partial charge in [-0.05, 0) is 19.8 Å². The maximum Gasteiger partial charge on any atom is 0.281 e. The van der Waals surface area contributed by atoms with Gasteiger partial charge in [0.2, 0.25) is 0 Å². The Balaban J connectivity index is 4.69. The van der Waals surface area contributed by atoms with E-state index in [1.807, 2.05) is 13.8 Å². The zero-order valence-corrected chi connectivity index (χ0v) is 11.5. The Morgan fingerprint density at radius 2 is 1.62 bits per heavy atom. The van der Waals surface area contributed by atoms with E-state index in [1.165, 1.54) is 15.7 Å². The van der Waals surface area contributed by atoms with Crippen molar-refractivity contribution in [2.24, 2.45) is 0 Å². The Morgan fingerprint density at radius 3 is 1.94 bits per heavy atom. The predicted molar refractivity (Wildman–Crippen MR) is 65.4 cm³/mol. The second kappa shape index (κ2) is 7.21. The molecule has 0 aromatic heterocycles. The van der Waals surface area contributed by atoms with Crippen molar-refractivity contribution in [3.63, 3.8) is 0 Å². The van der Waals surface area contributed by atoms with E-state index in [0.29, 0.717) is 13.1 Å². The van der Waals surface area contributed by atoms with Crippen LogP contribution in [0.15, 0.2) is 0 Å². The number of hydrogen-bond donors (Lipinski definition) is 1. The molecule has 0 bridgehead atoms. The molecule has 0 spiro atoms. The summed E-state index contributed by atoms with van der Waals surface area (Å²) in [5.74, 6) is 0. The molecule has 0 aliphatic rings. The van der Waals surface area contributed by atoms with Crippen molar-refractivity contribution >= 4 is 10.2 Å². The lowest BCUT2D eigenvalue weighted by molar-refractivity contribution is 0.167. The summed E-state index contributed by atoms with van der Waals surface area (Å²) in [4.78, 5) is 0. The van der Waals surface area contributed by atoms with E-state index in [-0.39, 0.29) is 6.54 Å². The molecule has 0 amide bonds. The van der Waals surface area contributed by atoms with Crippen molar-refractivity contribution in [3.05, 3.63) is 0 Å². The average Bonchev–Trinajstić information content (AvgIpc) is 2.16. The number of hydrogen-bond acceptors (Lipinski definition) is 3. The molecule has 1 N–H and O–H groups in total. The van der Waals surface area contributed by atoms with E-state index in [0.717, 1.165) is 12.8 Å². The molecule has 0 aliphatic heterocycles. The molecule has 0 saturated carbocycles. The van der Waals surface area contributed by atoms with Crippen LogP contribution in [0.4, 0.5) is 0 Å². The normalized spacial score (nSPS) is 14.7. The second-order valence-corrected chi connectivity index (χ2v) is 6.07. The van der Waals surface area contributed by atoms with Gasteiger partial charge in [0, 0.05) is 26.7 Å². The molecule has 0 radical (unpaired) electrons. The van der Waals surface area contributed by atoms with E-state index in [1.54, 1.807) is 6.92 Å². The minimum Gasteiger partial charge on any atom is -0.392 e. The monoisotopic (exact) mass is 252 g/mol. The number of nitrogens with zero attached hydrogens (tertiary/aromatic N) is 2. The van der Waals surface area contributed by atoms with Gasteiger partial charge in [0.15, 0.2) is 0 Å². The van der Waals surface area contributed by atoms with Gasteiger partial charge in [-0.25, -0.2) is 0 Å². The lowest BCUT2D eigenvalue weighted by Gasteiger charge is -2.27. The topological polar surface area (TPSA) is 60.9 Å². The number of rotatable bonds is 8. The summed E-state index contributed by atoms with van der Waals surface area (Å²) in [7, 11) is -1.91. The van der Waals surface area contributed by atoms with Crippen molar-refractivity contribution in [1.82, 2.24) is 8.61 Å². The van der Waals surface area contributed by atoms with E-state index in [9.17, 15) is 13.5 Å². The minimum absolute atomic E-state index is 0.131. The van der Waals surface area contributed by atoms with E-state index in [4.69, 9.17) is 0 Å². The third-order valence-corrected chi connectivity index (χ3v) is 4.14. The molecule has 0 aromatic rings. The Morgan fingerprint density at radius 1 is 1.19 bits per heavy atom. The van der Waals surface area contributed by atoms with Crippen molar-refractivity contribution in [2.45, 2.75) is 39.7 Å². The van der Waals surface area contributed by atoms with E-state index < -0.39 is 16.3 Å². The highest BCUT2D eigenvalue weighted by Gasteiger charge is 2.26. The third kappa shape index (κ3) is 4.78. The summed E-state index contributed by atoms with van der Waals surface area (Å²) in [5, 5.41) is 9.20. The Kier molecular flexibility index (Phi) is 7.14. The molecule has 16 heavy (non-hydrogen) atoms. The molecular formula is C10H24N2O3S. The highest BCUT2D eigenvalue weighted by molar-refractivity contribution is 7.86. The number of likely N-dealkylation sites (N-methyl/N-ethyl adjacent to an activating group) is 1. The summed E-state index contributed by atoms with van der Waals surface area (Å²) in [5.41, 5.74) is 0. The molecule has 0 saturated heterocycles. The Hall–Kier alpha value is -0.170. The molecule has 0 fully saturated rings. The van der Waals surface area contributed by atoms with Crippen LogP contribution in [-0.4, -0.2) is 54.9 Å². The van der Waals surface area contributed by atoms with Crippen LogP contribution in [0.1, 0.15) is 33.6 Å². The van der Waals surface area contributed by atoms with Crippen LogP contribution in [0, 0.1) is 0 Å². The molecule has 1 unspecified atom stereocenters. The molecule has 0 heterocycles. The van der Waals surface area contributed by atoms with Crippen LogP contribution in [0.2, 0.25) is 0 Å². The van der Waals surface area contributed by atoms with Crippen molar-refractivity contribution in [2.75, 3.05) is 26.7 Å². The molecule has 1 atom stereocenters. The fourth-order valence-electron chi connectivity index (χ4n) is 1.50. The van der Waals surface area contributed by atoms with Crippen LogP contribution in [0.25, 0.3) is 0 Å². The smallest absolute Gasteiger partial charge is 0.281 e. The third-order valence-electron chi connectivity index (χ3n) is 2.19. The zero-order valence-electron chi connectivity index (χ0n) is 10.7. The predicted octanol–water partition coefficient (Wildman–Crippen LogP) is 0.666.